The van der Waals surface area contributed by atoms with Crippen molar-refractivity contribution in [2.45, 2.75) is 26.4 Å². The second-order valence-electron chi connectivity index (χ2n) is 7.02. The fourth-order valence-electron chi connectivity index (χ4n) is 3.29. The molecule has 0 spiro atoms. The van der Waals surface area contributed by atoms with Crippen molar-refractivity contribution in [3.05, 3.63) is 76.3 Å². The number of carbonyl (C=O) groups is 1. The molecule has 3 aromatic rings. The average molecular weight is 481 g/mol. The molecule has 164 valence electrons. The zero-order chi connectivity index (χ0) is 22.8. The minimum absolute atomic E-state index is 0.147. The number of halogens is 2. The minimum Gasteiger partial charge on any atom is -0.350 e. The normalized spacial score (nSPS) is 12.4. The highest BCUT2D eigenvalue weighted by Gasteiger charge is 2.30. The zero-order valence-electron chi connectivity index (χ0n) is 17.2. The van der Waals surface area contributed by atoms with Gasteiger partial charge in [-0.3, -0.25) is 9.10 Å². The van der Waals surface area contributed by atoms with Gasteiger partial charge in [-0.25, -0.2) is 13.4 Å². The van der Waals surface area contributed by atoms with Gasteiger partial charge < -0.3 is 9.88 Å². The molecule has 1 heterocycles. The van der Waals surface area contributed by atoms with Gasteiger partial charge in [0.25, 0.3) is 0 Å². The summed E-state index contributed by atoms with van der Waals surface area (Å²) >= 11 is 12.2. The Morgan fingerprint density at radius 1 is 1.23 bits per heavy atom. The van der Waals surface area contributed by atoms with E-state index < -0.39 is 22.0 Å². The summed E-state index contributed by atoms with van der Waals surface area (Å²) in [7, 11) is -3.82. The predicted octanol–water partition coefficient (Wildman–Crippen LogP) is 3.96. The molecule has 3 rings (SSSR count). The summed E-state index contributed by atoms with van der Waals surface area (Å²) in [5.74, 6) is 0.338. The van der Waals surface area contributed by atoms with Crippen molar-refractivity contribution in [1.29, 1.82) is 0 Å². The lowest BCUT2D eigenvalue weighted by Gasteiger charge is -2.29. The molecule has 0 aliphatic carbocycles. The molecule has 0 aliphatic heterocycles. The number of rotatable bonds is 7. The summed E-state index contributed by atoms with van der Waals surface area (Å²) in [5.41, 5.74) is 1.88. The van der Waals surface area contributed by atoms with Crippen LogP contribution in [0.15, 0.2) is 54.9 Å². The number of aromatic nitrogens is 2. The van der Waals surface area contributed by atoms with Crippen molar-refractivity contribution in [3.63, 3.8) is 0 Å². The van der Waals surface area contributed by atoms with Crippen LogP contribution < -0.4 is 9.62 Å². The van der Waals surface area contributed by atoms with Crippen LogP contribution >= 0.6 is 23.2 Å². The Morgan fingerprint density at radius 2 is 1.94 bits per heavy atom. The van der Waals surface area contributed by atoms with Crippen LogP contribution in [0.5, 0.6) is 0 Å². The molecule has 1 amide bonds. The average Bonchev–Trinajstić information content (AvgIpc) is 3.13. The number of imidazole rings is 1. The first-order valence-corrected chi connectivity index (χ1v) is 12.0. The Labute approximate surface area is 191 Å². The number of benzene rings is 2. The van der Waals surface area contributed by atoms with Crippen LogP contribution in [0.2, 0.25) is 10.0 Å². The Bertz CT molecular complexity index is 1210. The summed E-state index contributed by atoms with van der Waals surface area (Å²) in [6, 6.07) is 11.0. The number of para-hydroxylation sites is 1. The van der Waals surface area contributed by atoms with Crippen molar-refractivity contribution < 1.29 is 13.2 Å². The molecule has 0 unspecified atom stereocenters. The molecule has 1 aromatic heterocycles. The quantitative estimate of drug-likeness (QED) is 0.554. The number of nitrogens with one attached hydrogen (secondary N) is 1. The first-order chi connectivity index (χ1) is 14.6. The zero-order valence-corrected chi connectivity index (χ0v) is 19.5. The highest BCUT2D eigenvalue weighted by Crippen LogP contribution is 2.32. The van der Waals surface area contributed by atoms with Gasteiger partial charge >= 0.3 is 0 Å². The molecular formula is C21H22Cl2N4O3S. The maximum absolute atomic E-state index is 12.9. The van der Waals surface area contributed by atoms with Gasteiger partial charge in [0.15, 0.2) is 0 Å². The lowest BCUT2D eigenvalue weighted by atomic mass is 10.1. The van der Waals surface area contributed by atoms with Crippen molar-refractivity contribution in [2.75, 3.05) is 10.6 Å². The minimum atomic E-state index is -3.82. The number of anilines is 1. The van der Waals surface area contributed by atoms with E-state index in [-0.39, 0.29) is 17.3 Å². The standard InChI is InChI=1S/C21H22Cl2N4O3S/c1-14(27(31(3,29)30)20-12-17(22)8-9-18(20)23)21(28)25-13-16-6-4-5-7-19(16)26-11-10-24-15(26)2/h4-12,14H,13H2,1-3H3,(H,25,28)/t14-/m1/s1. The monoisotopic (exact) mass is 480 g/mol. The van der Waals surface area contributed by atoms with Crippen molar-refractivity contribution >= 4 is 44.8 Å². The molecule has 31 heavy (non-hydrogen) atoms. The van der Waals surface area contributed by atoms with Gasteiger partial charge in [-0.05, 0) is 43.7 Å². The van der Waals surface area contributed by atoms with Crippen molar-refractivity contribution in [3.8, 4) is 5.69 Å². The van der Waals surface area contributed by atoms with E-state index in [4.69, 9.17) is 23.2 Å². The lowest BCUT2D eigenvalue weighted by molar-refractivity contribution is -0.122. The summed E-state index contributed by atoms with van der Waals surface area (Å²) in [6.45, 7) is 3.59. The second kappa shape index (κ2) is 9.30. The summed E-state index contributed by atoms with van der Waals surface area (Å²) in [6.07, 6.45) is 4.56. The third-order valence-corrected chi connectivity index (χ3v) is 6.55. The Morgan fingerprint density at radius 3 is 2.58 bits per heavy atom. The molecule has 0 saturated carbocycles. The maximum Gasteiger partial charge on any atom is 0.243 e. The number of sulfonamides is 1. The van der Waals surface area contributed by atoms with Crippen LogP contribution in [0.4, 0.5) is 5.69 Å². The smallest absolute Gasteiger partial charge is 0.243 e. The van der Waals surface area contributed by atoms with E-state index in [2.05, 4.69) is 10.3 Å². The summed E-state index contributed by atoms with van der Waals surface area (Å²) < 4.78 is 27.9. The van der Waals surface area contributed by atoms with E-state index in [9.17, 15) is 13.2 Å². The number of nitrogens with zero attached hydrogens (tertiary/aromatic N) is 3. The van der Waals surface area contributed by atoms with Crippen molar-refractivity contribution in [1.82, 2.24) is 14.9 Å². The van der Waals surface area contributed by atoms with Crippen LogP contribution in [0.25, 0.3) is 5.69 Å². The predicted molar refractivity (Wildman–Crippen MR) is 123 cm³/mol. The molecule has 0 fully saturated rings. The second-order valence-corrected chi connectivity index (χ2v) is 9.72. The van der Waals surface area contributed by atoms with Crippen molar-refractivity contribution in [2.24, 2.45) is 0 Å². The lowest BCUT2D eigenvalue weighted by Crippen LogP contribution is -2.47. The molecule has 7 nitrogen and oxygen atoms in total. The Balaban J connectivity index is 1.85. The molecule has 0 saturated heterocycles. The van der Waals surface area contributed by atoms with Crippen LogP contribution in [0.3, 0.4) is 0 Å². The van der Waals surface area contributed by atoms with Crippen LogP contribution in [-0.2, 0) is 21.4 Å². The molecule has 0 aliphatic rings. The SMILES string of the molecule is Cc1nccn1-c1ccccc1CNC(=O)[C@@H](C)N(c1cc(Cl)ccc1Cl)S(C)(=O)=O. The van der Waals surface area contributed by atoms with E-state index in [0.29, 0.717) is 5.02 Å². The highest BCUT2D eigenvalue weighted by atomic mass is 35.5. The van der Waals surface area contributed by atoms with E-state index >= 15 is 0 Å². The van der Waals surface area contributed by atoms with Crippen LogP contribution in [0, 0.1) is 6.92 Å². The molecule has 1 N–H and O–H groups in total. The van der Waals surface area contributed by atoms with E-state index in [1.165, 1.54) is 19.1 Å². The Hall–Kier alpha value is -2.55. The third kappa shape index (κ3) is 5.20. The first kappa shape index (κ1) is 23.1. The van der Waals surface area contributed by atoms with E-state index in [1.807, 2.05) is 42.0 Å². The van der Waals surface area contributed by atoms with Gasteiger partial charge in [0.2, 0.25) is 15.9 Å². The molecule has 1 atom stereocenters. The first-order valence-electron chi connectivity index (χ1n) is 9.40. The van der Waals surface area contributed by atoms with Gasteiger partial charge in [0.05, 0.1) is 22.7 Å². The van der Waals surface area contributed by atoms with E-state index in [1.54, 1.807) is 12.3 Å². The summed E-state index contributed by atoms with van der Waals surface area (Å²) in [4.78, 5) is 17.2. The topological polar surface area (TPSA) is 84.3 Å². The van der Waals surface area contributed by atoms with Gasteiger partial charge in [-0.15, -0.1) is 0 Å². The third-order valence-electron chi connectivity index (χ3n) is 4.76. The van der Waals surface area contributed by atoms with Gasteiger partial charge in [0, 0.05) is 24.0 Å². The number of hydrogen-bond acceptors (Lipinski definition) is 4. The molecule has 2 aromatic carbocycles. The summed E-state index contributed by atoms with van der Waals surface area (Å²) in [5, 5.41) is 3.31. The molecule has 10 heteroatoms. The van der Waals surface area contributed by atoms with Gasteiger partial charge in [0.1, 0.15) is 11.9 Å². The molecule has 0 bridgehead atoms. The number of hydrogen-bond donors (Lipinski definition) is 1. The number of amides is 1. The maximum atomic E-state index is 12.9. The fraction of sp³-hybridized carbons (Fsp3) is 0.238. The highest BCUT2D eigenvalue weighted by molar-refractivity contribution is 7.92. The van der Waals surface area contributed by atoms with Gasteiger partial charge in [-0.2, -0.15) is 0 Å². The molecular weight excluding hydrogens is 459 g/mol. The Kier molecular flexibility index (Phi) is 6.93. The van der Waals surface area contributed by atoms with Crippen LogP contribution in [-0.4, -0.2) is 36.2 Å². The number of aryl methyl sites for hydroxylation is 1. The molecule has 0 radical (unpaired) electrons. The van der Waals surface area contributed by atoms with Crippen LogP contribution in [0.1, 0.15) is 18.3 Å². The fourth-order valence-corrected chi connectivity index (χ4v) is 4.90. The largest absolute Gasteiger partial charge is 0.350 e. The van der Waals surface area contributed by atoms with Gasteiger partial charge in [-0.1, -0.05) is 41.4 Å². The van der Waals surface area contributed by atoms with E-state index in [0.717, 1.165) is 27.6 Å². The number of carbonyl (C=O) groups excluding carboxylic acids is 1.